The first-order chi connectivity index (χ1) is 9.16. The number of rotatable bonds is 4. The van der Waals surface area contributed by atoms with Crippen molar-refractivity contribution < 1.29 is 9.90 Å². The van der Waals surface area contributed by atoms with E-state index in [9.17, 15) is 9.90 Å². The third-order valence-electron chi connectivity index (χ3n) is 2.55. The Bertz CT molecular complexity index is 607. The highest BCUT2D eigenvalue weighted by Gasteiger charge is 2.04. The fourth-order valence-corrected chi connectivity index (χ4v) is 1.62. The summed E-state index contributed by atoms with van der Waals surface area (Å²) in [4.78, 5) is 15.8. The second-order valence-corrected chi connectivity index (χ2v) is 4.07. The summed E-state index contributed by atoms with van der Waals surface area (Å²) in [6.45, 7) is 1.77. The van der Waals surface area contributed by atoms with E-state index in [0.29, 0.717) is 16.9 Å². The van der Waals surface area contributed by atoms with Gasteiger partial charge in [0, 0.05) is 29.7 Å². The van der Waals surface area contributed by atoms with Gasteiger partial charge in [0.2, 0.25) is 0 Å². The number of allylic oxidation sites excluding steroid dienone is 2. The Morgan fingerprint density at radius 2 is 1.89 bits per heavy atom. The maximum absolute atomic E-state index is 11.9. The number of aromatic nitrogens is 1. The highest BCUT2D eigenvalue weighted by Crippen LogP contribution is 2.23. The smallest absolute Gasteiger partial charge is 0.187 e. The molecule has 4 nitrogen and oxygen atoms in total. The minimum absolute atomic E-state index is 0.108. The summed E-state index contributed by atoms with van der Waals surface area (Å²) in [5.41, 5.74) is 1.80. The van der Waals surface area contributed by atoms with Gasteiger partial charge in [0.1, 0.15) is 5.75 Å². The largest absolute Gasteiger partial charge is 0.506 e. The van der Waals surface area contributed by atoms with Crippen LogP contribution in [0.25, 0.3) is 0 Å². The molecule has 4 heteroatoms. The maximum atomic E-state index is 11.9. The van der Waals surface area contributed by atoms with Crippen molar-refractivity contribution in [1.29, 1.82) is 0 Å². The summed E-state index contributed by atoms with van der Waals surface area (Å²) in [6.07, 6.45) is 4.64. The monoisotopic (exact) mass is 254 g/mol. The fourth-order valence-electron chi connectivity index (χ4n) is 1.62. The number of phenols is 1. The average Bonchev–Trinajstić information content (AvgIpc) is 2.42. The minimum atomic E-state index is -0.108. The zero-order valence-electron chi connectivity index (χ0n) is 10.5. The summed E-state index contributed by atoms with van der Waals surface area (Å²) in [7, 11) is 0. The molecule has 19 heavy (non-hydrogen) atoms. The highest BCUT2D eigenvalue weighted by atomic mass is 16.3. The van der Waals surface area contributed by atoms with Crippen molar-refractivity contribution in [1.82, 2.24) is 4.98 Å². The Morgan fingerprint density at radius 1 is 1.21 bits per heavy atom. The third kappa shape index (κ3) is 3.42. The van der Waals surface area contributed by atoms with E-state index in [1.165, 1.54) is 6.08 Å². The number of carbonyl (C=O) groups is 1. The van der Waals surface area contributed by atoms with Crippen LogP contribution < -0.4 is 5.32 Å². The number of pyridine rings is 1. The van der Waals surface area contributed by atoms with Crippen LogP contribution in [0, 0.1) is 0 Å². The van der Waals surface area contributed by atoms with E-state index in [0.717, 1.165) is 0 Å². The first-order valence-corrected chi connectivity index (χ1v) is 5.84. The van der Waals surface area contributed by atoms with Crippen molar-refractivity contribution in [3.8, 4) is 5.75 Å². The number of aromatic hydroxyl groups is 1. The topological polar surface area (TPSA) is 62.2 Å². The van der Waals surface area contributed by atoms with E-state index < -0.39 is 0 Å². The zero-order chi connectivity index (χ0) is 13.7. The molecule has 0 fully saturated rings. The van der Waals surface area contributed by atoms with Gasteiger partial charge >= 0.3 is 0 Å². The second-order valence-electron chi connectivity index (χ2n) is 4.07. The Kier molecular flexibility index (Phi) is 3.93. The Labute approximate surface area is 111 Å². The van der Waals surface area contributed by atoms with Crippen molar-refractivity contribution in [2.45, 2.75) is 6.92 Å². The normalized spacial score (nSPS) is 11.1. The predicted molar refractivity (Wildman–Crippen MR) is 74.1 cm³/mol. The van der Waals surface area contributed by atoms with E-state index in [1.54, 1.807) is 55.7 Å². The van der Waals surface area contributed by atoms with Gasteiger partial charge in [-0.3, -0.25) is 9.78 Å². The minimum Gasteiger partial charge on any atom is -0.506 e. The number of phenolic OH excluding ortho intramolecular Hbond substituents is 1. The van der Waals surface area contributed by atoms with E-state index in [1.807, 2.05) is 0 Å². The molecule has 96 valence electrons. The predicted octanol–water partition coefficient (Wildman–Crippen LogP) is 2.99. The standard InChI is InChI=1S/C15H14N2O2/c1-11(17-13-4-2-3-5-14(13)18)10-15(19)12-6-8-16-9-7-12/h2-10,17-18H,1H3/b11-10+. The molecule has 0 spiro atoms. The van der Waals surface area contributed by atoms with Crippen LogP contribution in [0.3, 0.4) is 0 Å². The first kappa shape index (κ1) is 12.8. The molecule has 0 unspecified atom stereocenters. The molecule has 0 aliphatic rings. The van der Waals surface area contributed by atoms with Crippen LogP contribution in [0.1, 0.15) is 17.3 Å². The zero-order valence-corrected chi connectivity index (χ0v) is 10.5. The van der Waals surface area contributed by atoms with Crippen molar-refractivity contribution in [3.05, 3.63) is 66.1 Å². The number of nitrogens with zero attached hydrogens (tertiary/aromatic N) is 1. The van der Waals surface area contributed by atoms with E-state index in [4.69, 9.17) is 0 Å². The molecule has 1 heterocycles. The Hall–Kier alpha value is -2.62. The van der Waals surface area contributed by atoms with Gasteiger partial charge < -0.3 is 10.4 Å². The molecule has 2 rings (SSSR count). The van der Waals surface area contributed by atoms with E-state index >= 15 is 0 Å². The molecule has 1 aromatic heterocycles. The molecule has 0 amide bonds. The molecule has 0 aliphatic heterocycles. The SMILES string of the molecule is C/C(=C\C(=O)c1ccncc1)Nc1ccccc1O. The lowest BCUT2D eigenvalue weighted by atomic mass is 10.1. The highest BCUT2D eigenvalue weighted by molar-refractivity contribution is 6.05. The molecular weight excluding hydrogens is 240 g/mol. The quantitative estimate of drug-likeness (QED) is 0.500. The number of nitrogens with one attached hydrogen (secondary N) is 1. The van der Waals surface area contributed by atoms with Crippen LogP contribution in [-0.4, -0.2) is 15.9 Å². The lowest BCUT2D eigenvalue weighted by Gasteiger charge is -2.08. The fraction of sp³-hybridized carbons (Fsp3) is 0.0667. The van der Waals surface area contributed by atoms with Gasteiger partial charge in [0.15, 0.2) is 5.78 Å². The lowest BCUT2D eigenvalue weighted by molar-refractivity contribution is 0.104. The molecule has 0 aliphatic carbocycles. The molecule has 0 saturated carbocycles. The van der Waals surface area contributed by atoms with Crippen molar-refractivity contribution >= 4 is 11.5 Å². The number of hydrogen-bond acceptors (Lipinski definition) is 4. The molecule has 0 atom stereocenters. The lowest BCUT2D eigenvalue weighted by Crippen LogP contribution is -2.01. The molecule has 2 N–H and O–H groups in total. The van der Waals surface area contributed by atoms with Crippen LogP contribution in [-0.2, 0) is 0 Å². The molecule has 1 aromatic carbocycles. The summed E-state index contributed by atoms with van der Waals surface area (Å²) in [6, 6.07) is 10.2. The number of para-hydroxylation sites is 2. The van der Waals surface area contributed by atoms with E-state index in [-0.39, 0.29) is 11.5 Å². The number of carbonyl (C=O) groups excluding carboxylic acids is 1. The van der Waals surface area contributed by atoms with Gasteiger partial charge in [-0.05, 0) is 31.2 Å². The van der Waals surface area contributed by atoms with Crippen LogP contribution in [0.15, 0.2) is 60.6 Å². The number of benzene rings is 1. The molecule has 0 bridgehead atoms. The Morgan fingerprint density at radius 3 is 2.58 bits per heavy atom. The molecule has 2 aromatic rings. The van der Waals surface area contributed by atoms with Gasteiger partial charge in [-0.15, -0.1) is 0 Å². The summed E-state index contributed by atoms with van der Waals surface area (Å²) < 4.78 is 0. The van der Waals surface area contributed by atoms with Gasteiger partial charge in [-0.1, -0.05) is 12.1 Å². The third-order valence-corrected chi connectivity index (χ3v) is 2.55. The summed E-state index contributed by atoms with van der Waals surface area (Å²) in [5.74, 6) is 0.0365. The van der Waals surface area contributed by atoms with Gasteiger partial charge in [0.25, 0.3) is 0 Å². The van der Waals surface area contributed by atoms with Gasteiger partial charge in [-0.25, -0.2) is 0 Å². The van der Waals surface area contributed by atoms with Crippen LogP contribution >= 0.6 is 0 Å². The number of ketones is 1. The van der Waals surface area contributed by atoms with Crippen molar-refractivity contribution in [2.75, 3.05) is 5.32 Å². The molecule has 0 radical (unpaired) electrons. The van der Waals surface area contributed by atoms with Gasteiger partial charge in [-0.2, -0.15) is 0 Å². The maximum Gasteiger partial charge on any atom is 0.187 e. The van der Waals surface area contributed by atoms with Crippen molar-refractivity contribution in [3.63, 3.8) is 0 Å². The number of anilines is 1. The van der Waals surface area contributed by atoms with Gasteiger partial charge in [0.05, 0.1) is 5.69 Å². The van der Waals surface area contributed by atoms with Crippen molar-refractivity contribution in [2.24, 2.45) is 0 Å². The summed E-state index contributed by atoms with van der Waals surface area (Å²) in [5, 5.41) is 12.6. The van der Waals surface area contributed by atoms with Crippen LogP contribution in [0.5, 0.6) is 5.75 Å². The molecular formula is C15H14N2O2. The first-order valence-electron chi connectivity index (χ1n) is 5.84. The van der Waals surface area contributed by atoms with Crippen LogP contribution in [0.4, 0.5) is 5.69 Å². The molecule has 0 saturated heterocycles. The van der Waals surface area contributed by atoms with E-state index in [2.05, 4.69) is 10.3 Å². The average molecular weight is 254 g/mol. The summed E-state index contributed by atoms with van der Waals surface area (Å²) >= 11 is 0. The van der Waals surface area contributed by atoms with Crippen LogP contribution in [0.2, 0.25) is 0 Å². The number of hydrogen-bond donors (Lipinski definition) is 2. The Balaban J connectivity index is 2.12. The second kappa shape index (κ2) is 5.82.